The van der Waals surface area contributed by atoms with Crippen molar-refractivity contribution in [2.24, 2.45) is 0 Å². The van der Waals surface area contributed by atoms with Crippen LogP contribution >= 0.6 is 0 Å². The second-order valence-corrected chi connectivity index (χ2v) is 4.55. The highest BCUT2D eigenvalue weighted by atomic mass is 16.5. The molecule has 21 heavy (non-hydrogen) atoms. The molecule has 0 aromatic heterocycles. The summed E-state index contributed by atoms with van der Waals surface area (Å²) in [6.45, 7) is 0.489. The van der Waals surface area contributed by atoms with Gasteiger partial charge in [-0.05, 0) is 29.8 Å². The zero-order chi connectivity index (χ0) is 15.1. The van der Waals surface area contributed by atoms with E-state index in [1.54, 1.807) is 24.3 Å². The molecule has 0 aliphatic rings. The molecular weight excluding hydrogens is 266 g/mol. The number of allylic oxidation sites excluding steroid dienone is 1. The van der Waals surface area contributed by atoms with E-state index in [9.17, 15) is 4.79 Å². The standard InChI is InChI=1S/C17H17NO3/c1-18(20)12-11-17(19)15-7-9-16(10-8-15)21-13-14-5-3-2-4-6-14/h2-12,20H,13H2,1H3/b12-11-. The number of ether oxygens (including phenoxy) is 1. The minimum absolute atomic E-state index is 0.175. The summed E-state index contributed by atoms with van der Waals surface area (Å²) in [5.41, 5.74) is 1.63. The Bertz CT molecular complexity index is 604. The van der Waals surface area contributed by atoms with Gasteiger partial charge in [-0.25, -0.2) is 0 Å². The van der Waals surface area contributed by atoms with E-state index < -0.39 is 0 Å². The third-order valence-electron chi connectivity index (χ3n) is 2.83. The van der Waals surface area contributed by atoms with E-state index in [4.69, 9.17) is 9.94 Å². The first kappa shape index (κ1) is 14.8. The summed E-state index contributed by atoms with van der Waals surface area (Å²) < 4.78 is 5.65. The third kappa shape index (κ3) is 4.78. The SMILES string of the molecule is CN(O)/C=C\C(=O)c1ccc(OCc2ccccc2)cc1. The number of rotatable bonds is 6. The van der Waals surface area contributed by atoms with Crippen LogP contribution in [0.4, 0.5) is 0 Å². The Kier molecular flexibility index (Phi) is 5.12. The topological polar surface area (TPSA) is 49.8 Å². The van der Waals surface area contributed by atoms with Gasteiger partial charge in [-0.15, -0.1) is 0 Å². The number of hydrogen-bond donors (Lipinski definition) is 1. The zero-order valence-electron chi connectivity index (χ0n) is 11.8. The Morgan fingerprint density at radius 2 is 1.81 bits per heavy atom. The monoisotopic (exact) mass is 283 g/mol. The molecule has 0 spiro atoms. The van der Waals surface area contributed by atoms with Gasteiger partial charge in [0.05, 0.1) is 0 Å². The molecule has 0 atom stereocenters. The molecule has 0 heterocycles. The van der Waals surface area contributed by atoms with Gasteiger partial charge in [0.25, 0.3) is 0 Å². The molecule has 0 amide bonds. The molecule has 0 saturated carbocycles. The zero-order valence-corrected chi connectivity index (χ0v) is 11.8. The van der Waals surface area contributed by atoms with E-state index in [2.05, 4.69) is 0 Å². The summed E-state index contributed by atoms with van der Waals surface area (Å²) >= 11 is 0. The van der Waals surface area contributed by atoms with Crippen molar-refractivity contribution in [1.82, 2.24) is 5.06 Å². The highest BCUT2D eigenvalue weighted by Crippen LogP contribution is 2.15. The van der Waals surface area contributed by atoms with E-state index in [1.165, 1.54) is 19.3 Å². The van der Waals surface area contributed by atoms with Gasteiger partial charge >= 0.3 is 0 Å². The molecule has 108 valence electrons. The Labute approximate surface area is 123 Å². The molecule has 1 N–H and O–H groups in total. The lowest BCUT2D eigenvalue weighted by Crippen LogP contribution is -2.04. The maximum atomic E-state index is 11.8. The van der Waals surface area contributed by atoms with Gasteiger partial charge < -0.3 is 4.74 Å². The number of carbonyl (C=O) groups is 1. The van der Waals surface area contributed by atoms with Crippen LogP contribution in [-0.2, 0) is 6.61 Å². The van der Waals surface area contributed by atoms with Gasteiger partial charge in [0.2, 0.25) is 0 Å². The lowest BCUT2D eigenvalue weighted by atomic mass is 10.1. The van der Waals surface area contributed by atoms with Gasteiger partial charge in [0.1, 0.15) is 12.4 Å². The maximum absolute atomic E-state index is 11.8. The van der Waals surface area contributed by atoms with Crippen molar-refractivity contribution < 1.29 is 14.7 Å². The summed E-state index contributed by atoms with van der Waals surface area (Å²) in [6.07, 6.45) is 2.60. The van der Waals surface area contributed by atoms with E-state index in [0.717, 1.165) is 10.6 Å². The molecule has 0 aliphatic heterocycles. The fraction of sp³-hybridized carbons (Fsp3) is 0.118. The van der Waals surface area contributed by atoms with Crippen molar-refractivity contribution >= 4 is 5.78 Å². The van der Waals surface area contributed by atoms with Crippen LogP contribution in [0.15, 0.2) is 66.9 Å². The first-order valence-electron chi connectivity index (χ1n) is 6.56. The molecule has 0 radical (unpaired) electrons. The van der Waals surface area contributed by atoms with Crippen molar-refractivity contribution in [3.05, 3.63) is 78.0 Å². The molecule has 4 nitrogen and oxygen atoms in total. The fourth-order valence-electron chi connectivity index (χ4n) is 1.73. The lowest BCUT2D eigenvalue weighted by molar-refractivity contribution is -0.0130. The predicted molar refractivity (Wildman–Crippen MR) is 80.2 cm³/mol. The number of ketones is 1. The smallest absolute Gasteiger partial charge is 0.187 e. The average molecular weight is 283 g/mol. The van der Waals surface area contributed by atoms with Gasteiger partial charge in [-0.2, -0.15) is 0 Å². The number of nitrogens with zero attached hydrogens (tertiary/aromatic N) is 1. The summed E-state index contributed by atoms with van der Waals surface area (Å²) in [4.78, 5) is 11.8. The molecule has 0 unspecified atom stereocenters. The Morgan fingerprint density at radius 3 is 2.43 bits per heavy atom. The van der Waals surface area contributed by atoms with Gasteiger partial charge in [-0.3, -0.25) is 15.1 Å². The highest BCUT2D eigenvalue weighted by Gasteiger charge is 2.02. The molecule has 0 aliphatic carbocycles. The first-order chi connectivity index (χ1) is 10.1. The largest absolute Gasteiger partial charge is 0.489 e. The van der Waals surface area contributed by atoms with E-state index in [1.807, 2.05) is 30.3 Å². The van der Waals surface area contributed by atoms with Crippen LogP contribution in [0.2, 0.25) is 0 Å². The normalized spacial score (nSPS) is 10.6. The summed E-state index contributed by atoms with van der Waals surface area (Å²) in [5, 5.41) is 9.77. The third-order valence-corrected chi connectivity index (χ3v) is 2.83. The van der Waals surface area contributed by atoms with Crippen LogP contribution in [0.1, 0.15) is 15.9 Å². The van der Waals surface area contributed by atoms with Gasteiger partial charge in [-0.1, -0.05) is 30.3 Å². The minimum atomic E-state index is -0.175. The van der Waals surface area contributed by atoms with Crippen molar-refractivity contribution in [3.8, 4) is 5.75 Å². The van der Waals surface area contributed by atoms with E-state index in [-0.39, 0.29) is 5.78 Å². The van der Waals surface area contributed by atoms with Crippen molar-refractivity contribution in [3.63, 3.8) is 0 Å². The molecule has 4 heteroatoms. The Hall–Kier alpha value is -2.59. The van der Waals surface area contributed by atoms with E-state index in [0.29, 0.717) is 17.9 Å². The summed E-state index contributed by atoms with van der Waals surface area (Å²) in [5.74, 6) is 0.532. The second kappa shape index (κ2) is 7.26. The van der Waals surface area contributed by atoms with Crippen LogP contribution in [0.5, 0.6) is 5.75 Å². The number of carbonyl (C=O) groups excluding carboxylic acids is 1. The maximum Gasteiger partial charge on any atom is 0.187 e. The number of hydroxylamine groups is 2. The number of hydrogen-bond acceptors (Lipinski definition) is 4. The summed E-state index contributed by atoms with van der Waals surface area (Å²) in [7, 11) is 1.43. The van der Waals surface area contributed by atoms with E-state index >= 15 is 0 Å². The van der Waals surface area contributed by atoms with Crippen LogP contribution in [0, 0.1) is 0 Å². The van der Waals surface area contributed by atoms with Gasteiger partial charge in [0, 0.05) is 24.9 Å². The Morgan fingerprint density at radius 1 is 1.14 bits per heavy atom. The highest BCUT2D eigenvalue weighted by molar-refractivity contribution is 6.04. The molecule has 2 aromatic carbocycles. The fourth-order valence-corrected chi connectivity index (χ4v) is 1.73. The van der Waals surface area contributed by atoms with Crippen molar-refractivity contribution in [2.45, 2.75) is 6.61 Å². The molecular formula is C17H17NO3. The molecule has 0 saturated heterocycles. The molecule has 2 rings (SSSR count). The summed E-state index contributed by atoms with van der Waals surface area (Å²) in [6, 6.07) is 16.8. The van der Waals surface area contributed by atoms with Gasteiger partial charge in [0.15, 0.2) is 5.78 Å². The molecule has 2 aromatic rings. The lowest BCUT2D eigenvalue weighted by Gasteiger charge is -2.06. The Balaban J connectivity index is 1.94. The van der Waals surface area contributed by atoms with Crippen LogP contribution in [0.25, 0.3) is 0 Å². The molecule has 0 fully saturated rings. The quantitative estimate of drug-likeness (QED) is 0.502. The second-order valence-electron chi connectivity index (χ2n) is 4.55. The average Bonchev–Trinajstić information content (AvgIpc) is 2.52. The van der Waals surface area contributed by atoms with Crippen molar-refractivity contribution in [2.75, 3.05) is 7.05 Å². The predicted octanol–water partition coefficient (Wildman–Crippen LogP) is 3.28. The first-order valence-corrected chi connectivity index (χ1v) is 6.56. The van der Waals surface area contributed by atoms with Crippen LogP contribution in [-0.4, -0.2) is 23.1 Å². The van der Waals surface area contributed by atoms with Crippen LogP contribution in [0.3, 0.4) is 0 Å². The molecule has 0 bridgehead atoms. The van der Waals surface area contributed by atoms with Crippen molar-refractivity contribution in [1.29, 1.82) is 0 Å². The number of benzene rings is 2. The minimum Gasteiger partial charge on any atom is -0.489 e. The van der Waals surface area contributed by atoms with Crippen LogP contribution < -0.4 is 4.74 Å².